The second kappa shape index (κ2) is 11.5. The Morgan fingerprint density at radius 2 is 1.70 bits per heavy atom. The lowest BCUT2D eigenvalue weighted by molar-refractivity contribution is -0.127. The molecule has 1 aliphatic rings. The molecule has 1 fully saturated rings. The maximum Gasteiger partial charge on any atom is 0.411 e. The zero-order chi connectivity index (χ0) is 26.5. The normalized spacial score (nSPS) is 17.9. The Morgan fingerprint density at radius 1 is 0.973 bits per heavy atom. The van der Waals surface area contributed by atoms with Crippen LogP contribution in [-0.2, 0) is 20.9 Å². The van der Waals surface area contributed by atoms with Crippen molar-refractivity contribution >= 4 is 35.2 Å². The van der Waals surface area contributed by atoms with Crippen LogP contribution in [0, 0.1) is 5.92 Å². The number of nitrogens with one attached hydrogen (secondary N) is 2. The number of cyclic esters (lactones) is 1. The summed E-state index contributed by atoms with van der Waals surface area (Å²) in [5.74, 6) is -0.667. The zero-order valence-corrected chi connectivity index (χ0v) is 21.7. The maximum atomic E-state index is 13.7. The largest absolute Gasteiger partial charge is 0.438 e. The quantitative estimate of drug-likeness (QED) is 0.389. The lowest BCUT2D eigenvalue weighted by Gasteiger charge is -2.26. The highest BCUT2D eigenvalue weighted by Crippen LogP contribution is 2.35. The molecule has 1 heterocycles. The Morgan fingerprint density at radius 3 is 2.41 bits per heavy atom. The third-order valence-electron chi connectivity index (χ3n) is 6.26. The number of carbonyl (C=O) groups excluding carboxylic acids is 3. The van der Waals surface area contributed by atoms with Crippen LogP contribution in [0.5, 0.6) is 0 Å². The van der Waals surface area contributed by atoms with Gasteiger partial charge in [-0.25, -0.2) is 4.79 Å². The second-order valence-corrected chi connectivity index (χ2v) is 9.85. The van der Waals surface area contributed by atoms with Crippen molar-refractivity contribution in [1.29, 1.82) is 0 Å². The number of halogens is 1. The number of hydrogen-bond donors (Lipinski definition) is 2. The summed E-state index contributed by atoms with van der Waals surface area (Å²) >= 11 is 6.16. The molecule has 0 aliphatic carbocycles. The van der Waals surface area contributed by atoms with Crippen molar-refractivity contribution in [3.63, 3.8) is 0 Å². The first-order valence-corrected chi connectivity index (χ1v) is 12.6. The number of anilines is 1. The molecule has 37 heavy (non-hydrogen) atoms. The Balaban J connectivity index is 1.65. The van der Waals surface area contributed by atoms with Crippen LogP contribution in [0.15, 0.2) is 78.9 Å². The van der Waals surface area contributed by atoms with E-state index in [0.717, 1.165) is 11.1 Å². The molecule has 0 bridgehead atoms. The van der Waals surface area contributed by atoms with Gasteiger partial charge in [-0.15, -0.1) is 0 Å². The zero-order valence-electron chi connectivity index (χ0n) is 21.0. The Hall–Kier alpha value is -3.84. The minimum atomic E-state index is -0.936. The monoisotopic (exact) mass is 519 g/mol. The third-order valence-corrected chi connectivity index (χ3v) is 6.50. The van der Waals surface area contributed by atoms with Gasteiger partial charge in [-0.3, -0.25) is 14.5 Å². The molecule has 0 radical (unpaired) electrons. The van der Waals surface area contributed by atoms with Crippen molar-refractivity contribution in [2.24, 2.45) is 5.92 Å². The van der Waals surface area contributed by atoms with Gasteiger partial charge in [0.05, 0.1) is 12.6 Å². The van der Waals surface area contributed by atoms with E-state index in [2.05, 4.69) is 10.6 Å². The van der Waals surface area contributed by atoms with E-state index in [1.165, 1.54) is 4.90 Å². The number of rotatable bonds is 8. The number of benzene rings is 3. The highest BCUT2D eigenvalue weighted by atomic mass is 35.5. The molecule has 4 rings (SSSR count). The molecular weight excluding hydrogens is 490 g/mol. The molecule has 8 heteroatoms. The van der Waals surface area contributed by atoms with Crippen LogP contribution in [0.4, 0.5) is 10.5 Å². The summed E-state index contributed by atoms with van der Waals surface area (Å²) < 4.78 is 5.77. The molecule has 3 aromatic carbocycles. The molecule has 3 aromatic rings. The predicted octanol–water partition coefficient (Wildman–Crippen LogP) is 5.87. The highest BCUT2D eigenvalue weighted by Gasteiger charge is 2.47. The first kappa shape index (κ1) is 26.2. The van der Waals surface area contributed by atoms with Gasteiger partial charge >= 0.3 is 6.09 Å². The fourth-order valence-corrected chi connectivity index (χ4v) is 4.46. The number of hydrogen-bond acceptors (Lipinski definition) is 4. The molecule has 1 saturated heterocycles. The summed E-state index contributed by atoms with van der Waals surface area (Å²) in [5.41, 5.74) is 2.89. The van der Waals surface area contributed by atoms with Crippen molar-refractivity contribution < 1.29 is 19.1 Å². The van der Waals surface area contributed by atoms with E-state index in [4.69, 9.17) is 16.3 Å². The lowest BCUT2D eigenvalue weighted by atomic mass is 9.99. The molecule has 3 amide bonds. The van der Waals surface area contributed by atoms with Crippen molar-refractivity contribution in [2.45, 2.75) is 45.5 Å². The Bertz CT molecular complexity index is 1280. The van der Waals surface area contributed by atoms with Crippen LogP contribution >= 0.6 is 11.6 Å². The fourth-order valence-electron chi connectivity index (χ4n) is 4.25. The van der Waals surface area contributed by atoms with Gasteiger partial charge in [0.25, 0.3) is 0 Å². The minimum Gasteiger partial charge on any atom is -0.438 e. The van der Waals surface area contributed by atoms with Crippen LogP contribution in [0.1, 0.15) is 49.6 Å². The fraction of sp³-hybridized carbons (Fsp3) is 0.276. The van der Waals surface area contributed by atoms with E-state index in [0.29, 0.717) is 16.3 Å². The van der Waals surface area contributed by atoms with Gasteiger partial charge in [-0.2, -0.15) is 0 Å². The third kappa shape index (κ3) is 6.30. The van der Waals surface area contributed by atoms with E-state index in [-0.39, 0.29) is 30.3 Å². The van der Waals surface area contributed by atoms with E-state index in [9.17, 15) is 14.4 Å². The van der Waals surface area contributed by atoms with Crippen molar-refractivity contribution in [1.82, 2.24) is 10.2 Å². The van der Waals surface area contributed by atoms with Gasteiger partial charge in [0.1, 0.15) is 0 Å². The standard InChI is InChI=1S/C29H30ClN3O4/c1-18(2)27(34)32-24-14-8-12-22(16-24)26-25(28(35)31-19(3)21-10-5-4-6-11-21)33(29(36)37-26)17-20-9-7-13-23(30)15-20/h4-16,18-19,25-26H,17H2,1-3H3,(H,31,35)(H,32,34). The van der Waals surface area contributed by atoms with Crippen molar-refractivity contribution in [2.75, 3.05) is 5.32 Å². The smallest absolute Gasteiger partial charge is 0.411 e. The molecule has 192 valence electrons. The van der Waals surface area contributed by atoms with Gasteiger partial charge in [0.2, 0.25) is 11.8 Å². The topological polar surface area (TPSA) is 87.7 Å². The summed E-state index contributed by atoms with van der Waals surface area (Å²) in [7, 11) is 0. The molecule has 0 spiro atoms. The van der Waals surface area contributed by atoms with E-state index in [1.54, 1.807) is 56.3 Å². The number of amides is 3. The summed E-state index contributed by atoms with van der Waals surface area (Å²) in [6.07, 6.45) is -1.47. The number of ether oxygens (including phenoxy) is 1. The average molecular weight is 520 g/mol. The van der Waals surface area contributed by atoms with Crippen molar-refractivity contribution in [3.05, 3.63) is 101 Å². The van der Waals surface area contributed by atoms with Crippen LogP contribution in [0.25, 0.3) is 0 Å². The van der Waals surface area contributed by atoms with Crippen LogP contribution in [0.3, 0.4) is 0 Å². The lowest BCUT2D eigenvalue weighted by Crippen LogP contribution is -2.46. The van der Waals surface area contributed by atoms with Crippen LogP contribution < -0.4 is 10.6 Å². The van der Waals surface area contributed by atoms with E-state index in [1.807, 2.05) is 43.3 Å². The first-order valence-electron chi connectivity index (χ1n) is 12.2. The van der Waals surface area contributed by atoms with Crippen LogP contribution in [0.2, 0.25) is 5.02 Å². The summed E-state index contributed by atoms with van der Waals surface area (Å²) in [6.45, 7) is 5.65. The SMILES string of the molecule is CC(C)C(=O)Nc1cccc(C2OC(=O)N(Cc3cccc(Cl)c3)C2C(=O)NC(C)c2ccccc2)c1. The maximum absolute atomic E-state index is 13.7. The van der Waals surface area contributed by atoms with Gasteiger partial charge in [0, 0.05) is 16.6 Å². The first-order chi connectivity index (χ1) is 17.7. The van der Waals surface area contributed by atoms with Gasteiger partial charge in [0.15, 0.2) is 12.1 Å². The summed E-state index contributed by atoms with van der Waals surface area (Å²) in [5, 5.41) is 6.44. The van der Waals surface area contributed by atoms with Gasteiger partial charge in [-0.05, 0) is 47.9 Å². The molecule has 7 nitrogen and oxygen atoms in total. The Labute approximate surface area is 221 Å². The molecule has 0 aromatic heterocycles. The summed E-state index contributed by atoms with van der Waals surface area (Å²) in [4.78, 5) is 40.4. The molecule has 1 aliphatic heterocycles. The van der Waals surface area contributed by atoms with Gasteiger partial charge in [-0.1, -0.05) is 80.0 Å². The minimum absolute atomic E-state index is 0.130. The van der Waals surface area contributed by atoms with Crippen molar-refractivity contribution in [3.8, 4) is 0 Å². The molecule has 2 N–H and O–H groups in total. The second-order valence-electron chi connectivity index (χ2n) is 9.42. The number of nitrogens with zero attached hydrogens (tertiary/aromatic N) is 1. The average Bonchev–Trinajstić information content (AvgIpc) is 3.20. The summed E-state index contributed by atoms with van der Waals surface area (Å²) in [6, 6.07) is 22.6. The highest BCUT2D eigenvalue weighted by molar-refractivity contribution is 6.30. The molecule has 3 atom stereocenters. The van der Waals surface area contributed by atoms with Crippen LogP contribution in [-0.4, -0.2) is 28.8 Å². The van der Waals surface area contributed by atoms with E-state index < -0.39 is 18.2 Å². The Kier molecular flexibility index (Phi) is 8.14. The number of carbonyl (C=O) groups is 3. The van der Waals surface area contributed by atoms with Gasteiger partial charge < -0.3 is 15.4 Å². The molecular formula is C29H30ClN3O4. The predicted molar refractivity (Wildman–Crippen MR) is 143 cm³/mol. The molecule has 3 unspecified atom stereocenters. The molecule has 0 saturated carbocycles. The van der Waals surface area contributed by atoms with E-state index >= 15 is 0 Å².